The van der Waals surface area contributed by atoms with Gasteiger partial charge < -0.3 is 11.1 Å². The minimum absolute atomic E-state index is 0.132. The number of likely N-dealkylation sites (N-methyl/N-ethyl adjacent to an activating group) is 1. The van der Waals surface area contributed by atoms with E-state index in [2.05, 4.69) is 24.1 Å². The van der Waals surface area contributed by atoms with Gasteiger partial charge in [0.05, 0.1) is 0 Å². The first-order valence-electron chi connectivity index (χ1n) is 8.33. The van der Waals surface area contributed by atoms with Crippen LogP contribution < -0.4 is 11.1 Å². The van der Waals surface area contributed by atoms with Gasteiger partial charge in [-0.1, -0.05) is 20.3 Å². The first kappa shape index (κ1) is 17.4. The van der Waals surface area contributed by atoms with E-state index in [4.69, 9.17) is 5.73 Å². The number of rotatable bonds is 8. The Labute approximate surface area is 124 Å². The first-order chi connectivity index (χ1) is 9.61. The fourth-order valence-electron chi connectivity index (χ4n) is 3.53. The minimum Gasteiger partial charge on any atom is -0.356 e. The number of amides is 1. The van der Waals surface area contributed by atoms with Crippen LogP contribution in [0.15, 0.2) is 0 Å². The quantitative estimate of drug-likeness (QED) is 0.717. The van der Waals surface area contributed by atoms with Crippen LogP contribution in [0.4, 0.5) is 0 Å². The van der Waals surface area contributed by atoms with E-state index in [0.29, 0.717) is 19.5 Å². The van der Waals surface area contributed by atoms with Crippen LogP contribution in [-0.2, 0) is 4.79 Å². The Bertz CT molecular complexity index is 285. The Hall–Kier alpha value is -0.610. The molecule has 1 fully saturated rings. The van der Waals surface area contributed by atoms with Gasteiger partial charge in [-0.3, -0.25) is 9.69 Å². The molecule has 0 aliphatic heterocycles. The Kier molecular flexibility index (Phi) is 7.52. The van der Waals surface area contributed by atoms with Crippen molar-refractivity contribution < 1.29 is 4.79 Å². The maximum absolute atomic E-state index is 11.7. The highest BCUT2D eigenvalue weighted by molar-refractivity contribution is 5.75. The Morgan fingerprint density at radius 2 is 1.95 bits per heavy atom. The zero-order valence-corrected chi connectivity index (χ0v) is 13.6. The molecule has 1 rings (SSSR count). The second-order valence-corrected chi connectivity index (χ2v) is 6.06. The van der Waals surface area contributed by atoms with Gasteiger partial charge in [0.2, 0.25) is 5.91 Å². The molecule has 20 heavy (non-hydrogen) atoms. The maximum atomic E-state index is 11.7. The summed E-state index contributed by atoms with van der Waals surface area (Å²) in [7, 11) is 0. The molecule has 0 saturated heterocycles. The normalized spacial score (nSPS) is 26.8. The number of hydrogen-bond donors (Lipinski definition) is 2. The third-order valence-corrected chi connectivity index (χ3v) is 5.03. The molecule has 1 saturated carbocycles. The highest BCUT2D eigenvalue weighted by atomic mass is 16.1. The molecular weight excluding hydrogens is 250 g/mol. The van der Waals surface area contributed by atoms with E-state index in [9.17, 15) is 4.79 Å². The summed E-state index contributed by atoms with van der Waals surface area (Å²) in [6, 6.07) is 0. The van der Waals surface area contributed by atoms with Crippen molar-refractivity contribution in [3.8, 4) is 0 Å². The first-order valence-corrected chi connectivity index (χ1v) is 8.33. The molecule has 0 bridgehead atoms. The summed E-state index contributed by atoms with van der Waals surface area (Å²) in [5, 5.41) is 2.88. The summed E-state index contributed by atoms with van der Waals surface area (Å²) in [5.41, 5.74) is 6.26. The van der Waals surface area contributed by atoms with Gasteiger partial charge in [-0.05, 0) is 45.1 Å². The SMILES string of the molecule is CCNC(=O)CCN(CC)C1(CN)CCC(CC)CC1. The van der Waals surface area contributed by atoms with Gasteiger partial charge in [-0.25, -0.2) is 0 Å². The Morgan fingerprint density at radius 1 is 1.30 bits per heavy atom. The summed E-state index contributed by atoms with van der Waals surface area (Å²) in [4.78, 5) is 14.1. The van der Waals surface area contributed by atoms with Gasteiger partial charge in [0, 0.05) is 31.6 Å². The van der Waals surface area contributed by atoms with Crippen LogP contribution in [-0.4, -0.2) is 42.5 Å². The van der Waals surface area contributed by atoms with Crippen LogP contribution in [0.1, 0.15) is 59.3 Å². The van der Waals surface area contributed by atoms with E-state index in [1.807, 2.05) is 6.92 Å². The standard InChI is InChI=1S/C16H33N3O/c1-4-14-7-10-16(13-17,11-8-14)19(6-3)12-9-15(20)18-5-2/h14H,4-13,17H2,1-3H3,(H,18,20). The van der Waals surface area contributed by atoms with Crippen LogP contribution in [0.25, 0.3) is 0 Å². The zero-order valence-electron chi connectivity index (χ0n) is 13.6. The van der Waals surface area contributed by atoms with Gasteiger partial charge in [0.25, 0.3) is 0 Å². The third-order valence-electron chi connectivity index (χ3n) is 5.03. The Balaban J connectivity index is 2.58. The summed E-state index contributed by atoms with van der Waals surface area (Å²) in [5.74, 6) is 1.03. The summed E-state index contributed by atoms with van der Waals surface area (Å²) < 4.78 is 0. The lowest BCUT2D eigenvalue weighted by Crippen LogP contribution is -2.56. The van der Waals surface area contributed by atoms with Crippen molar-refractivity contribution in [1.29, 1.82) is 0 Å². The molecule has 0 unspecified atom stereocenters. The van der Waals surface area contributed by atoms with E-state index in [1.54, 1.807) is 0 Å². The smallest absolute Gasteiger partial charge is 0.221 e. The number of nitrogens with two attached hydrogens (primary N) is 1. The van der Waals surface area contributed by atoms with Crippen molar-refractivity contribution >= 4 is 5.91 Å². The monoisotopic (exact) mass is 283 g/mol. The lowest BCUT2D eigenvalue weighted by atomic mass is 9.74. The van der Waals surface area contributed by atoms with Crippen molar-refractivity contribution in [3.63, 3.8) is 0 Å². The van der Waals surface area contributed by atoms with Crippen LogP contribution in [0.2, 0.25) is 0 Å². The fraction of sp³-hybridized carbons (Fsp3) is 0.938. The van der Waals surface area contributed by atoms with E-state index >= 15 is 0 Å². The number of carbonyl (C=O) groups is 1. The lowest BCUT2D eigenvalue weighted by Gasteiger charge is -2.47. The van der Waals surface area contributed by atoms with E-state index in [0.717, 1.165) is 19.0 Å². The molecule has 0 spiro atoms. The summed E-state index contributed by atoms with van der Waals surface area (Å²) >= 11 is 0. The highest BCUT2D eigenvalue weighted by Gasteiger charge is 2.38. The van der Waals surface area contributed by atoms with Crippen molar-refractivity contribution in [1.82, 2.24) is 10.2 Å². The maximum Gasteiger partial charge on any atom is 0.221 e. The second-order valence-electron chi connectivity index (χ2n) is 6.06. The van der Waals surface area contributed by atoms with Gasteiger partial charge in [0.1, 0.15) is 0 Å². The molecule has 4 heteroatoms. The molecule has 4 nitrogen and oxygen atoms in total. The van der Waals surface area contributed by atoms with Gasteiger partial charge in [0.15, 0.2) is 0 Å². The van der Waals surface area contributed by atoms with E-state index < -0.39 is 0 Å². The third kappa shape index (κ3) is 4.45. The number of nitrogens with one attached hydrogen (secondary N) is 1. The molecular formula is C16H33N3O. The van der Waals surface area contributed by atoms with Crippen LogP contribution in [0, 0.1) is 5.92 Å². The number of carbonyl (C=O) groups excluding carboxylic acids is 1. The molecule has 1 aliphatic carbocycles. The summed E-state index contributed by atoms with van der Waals surface area (Å²) in [6.07, 6.45) is 6.81. The Morgan fingerprint density at radius 3 is 2.40 bits per heavy atom. The highest BCUT2D eigenvalue weighted by Crippen LogP contribution is 2.37. The van der Waals surface area contributed by atoms with Crippen LogP contribution >= 0.6 is 0 Å². The second kappa shape index (κ2) is 8.63. The molecule has 0 radical (unpaired) electrons. The van der Waals surface area contributed by atoms with Gasteiger partial charge >= 0.3 is 0 Å². The van der Waals surface area contributed by atoms with Crippen molar-refractivity contribution in [2.45, 2.75) is 64.8 Å². The average molecular weight is 283 g/mol. The molecule has 0 aromatic carbocycles. The molecule has 118 valence electrons. The van der Waals surface area contributed by atoms with Gasteiger partial charge in [-0.2, -0.15) is 0 Å². The predicted octanol–water partition coefficient (Wildman–Crippen LogP) is 2.13. The van der Waals surface area contributed by atoms with E-state index in [-0.39, 0.29) is 11.4 Å². The van der Waals surface area contributed by atoms with Crippen molar-refractivity contribution in [3.05, 3.63) is 0 Å². The molecule has 0 aromatic rings. The van der Waals surface area contributed by atoms with Crippen molar-refractivity contribution in [2.24, 2.45) is 11.7 Å². The lowest BCUT2D eigenvalue weighted by molar-refractivity contribution is -0.121. The number of nitrogens with zero attached hydrogens (tertiary/aromatic N) is 1. The van der Waals surface area contributed by atoms with Crippen LogP contribution in [0.3, 0.4) is 0 Å². The molecule has 3 N–H and O–H groups in total. The largest absolute Gasteiger partial charge is 0.356 e. The topological polar surface area (TPSA) is 58.4 Å². The molecule has 1 amide bonds. The average Bonchev–Trinajstić information content (AvgIpc) is 2.48. The molecule has 0 atom stereocenters. The molecule has 0 heterocycles. The van der Waals surface area contributed by atoms with Crippen LogP contribution in [0.5, 0.6) is 0 Å². The number of hydrogen-bond acceptors (Lipinski definition) is 3. The van der Waals surface area contributed by atoms with E-state index in [1.165, 1.54) is 32.1 Å². The van der Waals surface area contributed by atoms with Gasteiger partial charge in [-0.15, -0.1) is 0 Å². The zero-order chi connectivity index (χ0) is 15.0. The van der Waals surface area contributed by atoms with Crippen molar-refractivity contribution in [2.75, 3.05) is 26.2 Å². The molecule has 1 aliphatic rings. The predicted molar refractivity (Wildman–Crippen MR) is 84.6 cm³/mol. The fourth-order valence-corrected chi connectivity index (χ4v) is 3.53. The minimum atomic E-state index is 0.132. The molecule has 0 aromatic heterocycles. The summed E-state index contributed by atoms with van der Waals surface area (Å²) in [6.45, 7) is 9.66.